The first-order valence-corrected chi connectivity index (χ1v) is 43.0. The van der Waals surface area contributed by atoms with Crippen LogP contribution < -0.4 is 41.4 Å². The Bertz CT molecular complexity index is 3230. The first kappa shape index (κ1) is 110. The SMILES string of the molecule is CC(=O)[C@H](CCCCNC(=O)COCCOCCCC(=O)COCCOCCNC(=O)CC[C@H](NC(=O)CCCCCCCCCOc1ccc(C(=O)O)cc1)C(=O)O)CC(=O)C(C)C.CCCCCNC(=O)COCCOCCNC(=O)COCCOCCCC(=O)CC[C@H](NC(=O)CCCCCCCCCOc1ccc(C(=O)O)cc1)C(=O)O.[HH].[HH]. The number of nitrogens with one attached hydrogen (secondary N) is 6. The van der Waals surface area contributed by atoms with Crippen molar-refractivity contribution in [2.24, 2.45) is 11.8 Å². The number of unbranched alkanes of at least 4 members (excludes halogenated alkanes) is 15. The summed E-state index contributed by atoms with van der Waals surface area (Å²) in [5, 5.41) is 52.8. The van der Waals surface area contributed by atoms with E-state index in [1.807, 2.05) is 13.8 Å². The molecule has 0 saturated heterocycles. The summed E-state index contributed by atoms with van der Waals surface area (Å²) in [6.45, 7) is 12.8. The Kier molecular flexibility index (Phi) is 68.2. The van der Waals surface area contributed by atoms with Crippen molar-refractivity contribution in [1.29, 1.82) is 0 Å². The van der Waals surface area contributed by atoms with Gasteiger partial charge in [-0.25, -0.2) is 19.2 Å². The van der Waals surface area contributed by atoms with Crippen LogP contribution in [0.25, 0.3) is 0 Å². The number of ketones is 4. The molecule has 0 unspecified atom stereocenters. The average molecular weight is 1720 g/mol. The van der Waals surface area contributed by atoms with Crippen LogP contribution >= 0.6 is 0 Å². The molecule has 0 aliphatic rings. The number of amides is 6. The predicted molar refractivity (Wildman–Crippen MR) is 453 cm³/mol. The lowest BCUT2D eigenvalue weighted by atomic mass is 9.89. The number of benzene rings is 2. The maximum atomic E-state index is 12.3. The molecule has 0 heterocycles. The van der Waals surface area contributed by atoms with E-state index in [-0.39, 0.29) is 228 Å². The molecule has 0 bridgehead atoms. The van der Waals surface area contributed by atoms with Crippen molar-refractivity contribution in [3.63, 3.8) is 0 Å². The fraction of sp³-hybridized carbons (Fsp3) is 0.701. The molecule has 2 aromatic rings. The highest BCUT2D eigenvalue weighted by molar-refractivity contribution is 5.89. The second-order valence-electron chi connectivity index (χ2n) is 29.5. The monoisotopic (exact) mass is 1720 g/mol. The van der Waals surface area contributed by atoms with E-state index < -0.39 is 36.0 Å². The zero-order chi connectivity index (χ0) is 89.1. The Hall–Kier alpha value is -8.90. The summed E-state index contributed by atoms with van der Waals surface area (Å²) in [7, 11) is 0. The number of aromatic carboxylic acids is 2. The van der Waals surface area contributed by atoms with Crippen LogP contribution in [0, 0.1) is 11.8 Å². The Balaban J connectivity index is 0. The lowest BCUT2D eigenvalue weighted by Gasteiger charge is -2.14. The standard InChI is InChI=1S/C47H75N3O15.C40H65N3O13.2H2/c1-35(2)42(53)32-38(36(3)51)14-10-11-23-48-45(56)34-64-31-28-61-25-13-15-39(52)33-63-30-29-62-27-24-49-43(54)22-21-41(47(59)60)50-44(55)16-9-7-5-4-6-8-12-26-65-40-19-17-37(18-20-40)46(57)58;1-2-3-10-21-41-37(46)30-55-29-27-53-25-22-42-38(47)31-54-28-26-52-23-12-13-33(44)17-20-35(40(50)51)43-36(45)14-9-7-5-4-6-8-11-24-56-34-18-15-32(16-19-34)39(48)49;;/h17-20,35,38,41H,4-16,21-34H2,1-3H3,(H,48,56)(H,49,54)(H,50,55)(H,57,58)(H,59,60);15-16,18-19,35H,2-14,17,20-31H2,1H3,(H,41,46)(H,42,47)(H,43,45)(H,48,49)(H,50,51);2*1H/t38-,41+;35-;;/m10../s1. The number of hydrogen-bond acceptors (Lipinski definition) is 24. The minimum atomic E-state index is -1.21. The smallest absolute Gasteiger partial charge is 0.335 e. The quantitative estimate of drug-likeness (QED) is 0.0275. The fourth-order valence-corrected chi connectivity index (χ4v) is 11.5. The number of carbonyl (C=O) groups is 14. The fourth-order valence-electron chi connectivity index (χ4n) is 11.5. The Morgan fingerprint density at radius 2 is 0.694 bits per heavy atom. The van der Waals surface area contributed by atoms with Gasteiger partial charge in [0.1, 0.15) is 67.4 Å². The highest BCUT2D eigenvalue weighted by Crippen LogP contribution is 2.19. The van der Waals surface area contributed by atoms with Crippen molar-refractivity contribution >= 4 is 82.5 Å². The summed E-state index contributed by atoms with van der Waals surface area (Å²) in [5.41, 5.74) is 0.433. The number of Topliss-reactive ketones (excluding diaryl/α,β-unsaturated/α-hetero) is 4. The van der Waals surface area contributed by atoms with Crippen molar-refractivity contribution in [2.75, 3.05) is 145 Å². The van der Waals surface area contributed by atoms with Gasteiger partial charge in [-0.1, -0.05) is 104 Å². The number of ether oxygens (including phenoxy) is 10. The van der Waals surface area contributed by atoms with Gasteiger partial charge in [-0.2, -0.15) is 0 Å². The first-order valence-electron chi connectivity index (χ1n) is 43.0. The summed E-state index contributed by atoms with van der Waals surface area (Å²) >= 11 is 0. The van der Waals surface area contributed by atoms with Crippen molar-refractivity contribution in [3.05, 3.63) is 59.7 Å². The number of carboxylic acid groups (broad SMARTS) is 4. The molecule has 0 aromatic heterocycles. The minimum absolute atomic E-state index is 0. The van der Waals surface area contributed by atoms with E-state index in [0.29, 0.717) is 109 Å². The van der Waals surface area contributed by atoms with Crippen LogP contribution in [0.1, 0.15) is 250 Å². The number of hydrogen-bond donors (Lipinski definition) is 10. The highest BCUT2D eigenvalue weighted by atomic mass is 16.5. The summed E-state index contributed by atoms with van der Waals surface area (Å²) in [6, 6.07) is 10.3. The van der Waals surface area contributed by atoms with Crippen LogP contribution in [-0.4, -0.2) is 260 Å². The molecule has 690 valence electrons. The molecule has 6 amide bonds. The normalized spacial score (nSPS) is 11.7. The molecule has 2 aromatic carbocycles. The van der Waals surface area contributed by atoms with Crippen LogP contribution in [0.2, 0.25) is 0 Å². The van der Waals surface area contributed by atoms with Gasteiger partial charge in [0, 0.05) is 99.0 Å². The second-order valence-corrected chi connectivity index (χ2v) is 29.5. The minimum Gasteiger partial charge on any atom is -0.494 e. The molecule has 121 heavy (non-hydrogen) atoms. The van der Waals surface area contributed by atoms with Crippen LogP contribution in [0.15, 0.2) is 48.5 Å². The first-order chi connectivity index (χ1) is 58.3. The van der Waals surface area contributed by atoms with Crippen molar-refractivity contribution < 1.29 is 138 Å². The van der Waals surface area contributed by atoms with Crippen molar-refractivity contribution in [3.8, 4) is 11.5 Å². The van der Waals surface area contributed by atoms with Gasteiger partial charge in [0.25, 0.3) is 0 Å². The third kappa shape index (κ3) is 66.4. The molecular formula is C87H144N6O28. The molecule has 3 atom stereocenters. The summed E-state index contributed by atoms with van der Waals surface area (Å²) in [4.78, 5) is 166. The van der Waals surface area contributed by atoms with Crippen LogP contribution in [0.3, 0.4) is 0 Å². The second kappa shape index (κ2) is 74.9. The van der Waals surface area contributed by atoms with E-state index in [2.05, 4.69) is 38.8 Å². The zero-order valence-corrected chi connectivity index (χ0v) is 72.0. The van der Waals surface area contributed by atoms with Crippen LogP contribution in [-0.2, 0) is 95.4 Å². The van der Waals surface area contributed by atoms with Gasteiger partial charge in [0.2, 0.25) is 35.4 Å². The summed E-state index contributed by atoms with van der Waals surface area (Å²) < 4.78 is 54.2. The molecular weight excluding hydrogens is 1580 g/mol. The van der Waals surface area contributed by atoms with Gasteiger partial charge in [-0.15, -0.1) is 0 Å². The number of rotatable bonds is 81. The van der Waals surface area contributed by atoms with Gasteiger partial charge in [0.15, 0.2) is 5.78 Å². The van der Waals surface area contributed by atoms with Crippen LogP contribution in [0.5, 0.6) is 11.5 Å². The van der Waals surface area contributed by atoms with E-state index >= 15 is 0 Å². The van der Waals surface area contributed by atoms with Gasteiger partial charge in [0.05, 0.1) is 90.4 Å². The van der Waals surface area contributed by atoms with E-state index in [1.54, 1.807) is 24.3 Å². The molecule has 0 spiro atoms. The Morgan fingerprint density at radius 1 is 0.331 bits per heavy atom. The molecule has 0 aliphatic carbocycles. The number of aliphatic carboxylic acids is 2. The van der Waals surface area contributed by atoms with Crippen molar-refractivity contribution in [2.45, 2.75) is 239 Å². The van der Waals surface area contributed by atoms with E-state index in [4.69, 9.17) is 57.6 Å². The average Bonchev–Trinajstić information content (AvgIpc) is 0.905. The van der Waals surface area contributed by atoms with E-state index in [1.165, 1.54) is 31.2 Å². The Labute approximate surface area is 716 Å². The summed E-state index contributed by atoms with van der Waals surface area (Å²) in [6.07, 6.45) is 20.0. The highest BCUT2D eigenvalue weighted by Gasteiger charge is 2.24. The van der Waals surface area contributed by atoms with Gasteiger partial charge in [-0.3, -0.25) is 47.9 Å². The van der Waals surface area contributed by atoms with Crippen molar-refractivity contribution in [1.82, 2.24) is 31.9 Å². The third-order valence-corrected chi connectivity index (χ3v) is 18.6. The molecule has 0 fully saturated rings. The molecule has 34 heteroatoms. The number of carbonyl (C=O) groups excluding carboxylic acids is 10. The van der Waals surface area contributed by atoms with Gasteiger partial charge in [-0.05, 0) is 126 Å². The van der Waals surface area contributed by atoms with Gasteiger partial charge < -0.3 is 99.7 Å². The lowest BCUT2D eigenvalue weighted by Crippen LogP contribution is -2.41. The summed E-state index contributed by atoms with van der Waals surface area (Å²) in [5.74, 6) is -5.26. The lowest BCUT2D eigenvalue weighted by molar-refractivity contribution is -0.142. The van der Waals surface area contributed by atoms with Crippen LogP contribution in [0.4, 0.5) is 0 Å². The van der Waals surface area contributed by atoms with Gasteiger partial charge >= 0.3 is 23.9 Å². The van der Waals surface area contributed by atoms with E-state index in [9.17, 15) is 77.3 Å². The third-order valence-electron chi connectivity index (χ3n) is 18.6. The maximum absolute atomic E-state index is 12.3. The number of carboxylic acids is 4. The molecule has 2 rings (SSSR count). The molecule has 0 saturated carbocycles. The molecule has 0 aliphatic heterocycles. The molecule has 0 radical (unpaired) electrons. The topological polar surface area (TPSA) is 484 Å². The zero-order valence-electron chi connectivity index (χ0n) is 72.0. The Morgan fingerprint density at radius 3 is 1.10 bits per heavy atom. The molecule has 34 nitrogen and oxygen atoms in total. The van der Waals surface area contributed by atoms with E-state index in [0.717, 1.165) is 103 Å². The molecule has 10 N–H and O–H groups in total. The predicted octanol–water partition coefficient (Wildman–Crippen LogP) is 9.44. The maximum Gasteiger partial charge on any atom is 0.335 e. The largest absolute Gasteiger partial charge is 0.494 e.